The molecule has 0 spiro atoms. The molecule has 1 N–H and O–H groups in total. The van der Waals surface area contributed by atoms with Crippen molar-refractivity contribution in [2.24, 2.45) is 0 Å². The van der Waals surface area contributed by atoms with Crippen LogP contribution in [0.2, 0.25) is 0 Å². The fraction of sp³-hybridized carbons (Fsp3) is 0.278. The molecular formula is C18H19FN2O6. The average molecular weight is 378 g/mol. The van der Waals surface area contributed by atoms with Crippen LogP contribution in [0.4, 0.5) is 15.8 Å². The van der Waals surface area contributed by atoms with Gasteiger partial charge in [-0.15, -0.1) is 0 Å². The zero-order valence-electron chi connectivity index (χ0n) is 15.1. The van der Waals surface area contributed by atoms with Crippen molar-refractivity contribution in [1.82, 2.24) is 0 Å². The van der Waals surface area contributed by atoms with E-state index in [0.717, 1.165) is 12.1 Å². The zero-order valence-corrected chi connectivity index (χ0v) is 15.1. The first-order chi connectivity index (χ1) is 12.9. The first kappa shape index (κ1) is 20.1. The lowest BCUT2D eigenvalue weighted by Crippen LogP contribution is -2.15. The van der Waals surface area contributed by atoms with Crippen LogP contribution >= 0.6 is 0 Å². The second-order valence-electron chi connectivity index (χ2n) is 5.54. The third-order valence-electron chi connectivity index (χ3n) is 3.70. The molecule has 0 heterocycles. The molecule has 27 heavy (non-hydrogen) atoms. The molecule has 0 saturated heterocycles. The highest BCUT2D eigenvalue weighted by atomic mass is 19.1. The summed E-state index contributed by atoms with van der Waals surface area (Å²) in [6.45, 7) is 2.01. The van der Waals surface area contributed by atoms with Gasteiger partial charge in [0.05, 0.1) is 24.7 Å². The van der Waals surface area contributed by atoms with Gasteiger partial charge in [-0.2, -0.15) is 0 Å². The number of methoxy groups -OCH3 is 2. The largest absolute Gasteiger partial charge is 0.493 e. The number of nitrogens with zero attached hydrogens (tertiary/aromatic N) is 1. The van der Waals surface area contributed by atoms with Crippen LogP contribution in [0.25, 0.3) is 0 Å². The number of aryl methyl sites for hydroxylation is 1. The van der Waals surface area contributed by atoms with Crippen LogP contribution in [0.5, 0.6) is 11.5 Å². The molecule has 2 aromatic carbocycles. The number of rotatable bonds is 8. The summed E-state index contributed by atoms with van der Waals surface area (Å²) in [5.41, 5.74) is -0.111. The number of hydrogen-bond donors (Lipinski definition) is 1. The smallest absolute Gasteiger partial charge is 0.286 e. The Morgan fingerprint density at radius 1 is 1.19 bits per heavy atom. The van der Waals surface area contributed by atoms with Gasteiger partial charge in [-0.3, -0.25) is 14.9 Å². The van der Waals surface area contributed by atoms with Gasteiger partial charge >= 0.3 is 0 Å². The molecule has 0 saturated carbocycles. The van der Waals surface area contributed by atoms with Crippen LogP contribution < -0.4 is 14.8 Å². The van der Waals surface area contributed by atoms with Crippen LogP contribution in [-0.2, 0) is 4.74 Å². The lowest BCUT2D eigenvalue weighted by molar-refractivity contribution is -0.385. The van der Waals surface area contributed by atoms with Crippen molar-refractivity contribution < 1.29 is 28.3 Å². The Bertz CT molecular complexity index is 856. The number of nitrogens with one attached hydrogen (secondary N) is 1. The quantitative estimate of drug-likeness (QED) is 0.430. The van der Waals surface area contributed by atoms with E-state index in [1.807, 2.05) is 0 Å². The molecule has 0 aliphatic heterocycles. The van der Waals surface area contributed by atoms with Crippen LogP contribution in [-0.4, -0.2) is 38.3 Å². The zero-order chi connectivity index (χ0) is 20.0. The lowest BCUT2D eigenvalue weighted by Gasteiger charge is -2.13. The molecule has 8 nitrogen and oxygen atoms in total. The van der Waals surface area contributed by atoms with E-state index in [2.05, 4.69) is 5.32 Å². The number of hydrogen-bond acceptors (Lipinski definition) is 6. The highest BCUT2D eigenvalue weighted by Crippen LogP contribution is 2.35. The summed E-state index contributed by atoms with van der Waals surface area (Å²) in [4.78, 5) is 23.2. The SMILES string of the molecule is COCCOc1cc([N+](=O)[O-])c(C(=O)Nc2ccc(C)c(F)c2)cc1OC. The van der Waals surface area contributed by atoms with E-state index in [0.29, 0.717) is 5.56 Å². The summed E-state index contributed by atoms with van der Waals surface area (Å²) in [5, 5.41) is 13.8. The number of carbonyl (C=O) groups is 1. The summed E-state index contributed by atoms with van der Waals surface area (Å²) in [5.74, 6) is -1.01. The maximum atomic E-state index is 13.7. The normalized spacial score (nSPS) is 10.4. The molecule has 2 aromatic rings. The molecule has 0 bridgehead atoms. The van der Waals surface area contributed by atoms with Gasteiger partial charge in [-0.05, 0) is 24.6 Å². The van der Waals surface area contributed by atoms with Crippen LogP contribution in [0.15, 0.2) is 30.3 Å². The van der Waals surface area contributed by atoms with Gasteiger partial charge in [0.2, 0.25) is 0 Å². The minimum Gasteiger partial charge on any atom is -0.493 e. The van der Waals surface area contributed by atoms with E-state index in [9.17, 15) is 19.3 Å². The predicted molar refractivity (Wildman–Crippen MR) is 96.1 cm³/mol. The molecule has 0 fully saturated rings. The summed E-state index contributed by atoms with van der Waals surface area (Å²) in [6, 6.07) is 6.45. The van der Waals surface area contributed by atoms with Crippen molar-refractivity contribution in [3.05, 3.63) is 57.4 Å². The molecule has 2 rings (SSSR count). The van der Waals surface area contributed by atoms with E-state index < -0.39 is 22.3 Å². The number of amides is 1. The number of carbonyl (C=O) groups excluding carboxylic acids is 1. The fourth-order valence-corrected chi connectivity index (χ4v) is 2.26. The van der Waals surface area contributed by atoms with Crippen LogP contribution in [0, 0.1) is 22.9 Å². The number of halogens is 1. The first-order valence-electron chi connectivity index (χ1n) is 7.93. The van der Waals surface area contributed by atoms with Gasteiger partial charge in [-0.1, -0.05) is 6.07 Å². The minimum atomic E-state index is -0.772. The highest BCUT2D eigenvalue weighted by Gasteiger charge is 2.25. The predicted octanol–water partition coefficient (Wildman–Crippen LogP) is 3.33. The molecule has 0 aliphatic carbocycles. The number of ether oxygens (including phenoxy) is 3. The maximum absolute atomic E-state index is 13.7. The van der Waals surface area contributed by atoms with Gasteiger partial charge in [0, 0.05) is 18.9 Å². The Morgan fingerprint density at radius 3 is 2.52 bits per heavy atom. The second kappa shape index (κ2) is 8.95. The Kier molecular flexibility index (Phi) is 6.67. The molecule has 9 heteroatoms. The van der Waals surface area contributed by atoms with Crippen molar-refractivity contribution >= 4 is 17.3 Å². The second-order valence-corrected chi connectivity index (χ2v) is 5.54. The fourth-order valence-electron chi connectivity index (χ4n) is 2.26. The summed E-state index contributed by atoms with van der Waals surface area (Å²) in [6.07, 6.45) is 0. The summed E-state index contributed by atoms with van der Waals surface area (Å²) >= 11 is 0. The third kappa shape index (κ3) is 4.91. The molecule has 0 atom stereocenters. The van der Waals surface area contributed by atoms with Gasteiger partial charge in [0.1, 0.15) is 18.0 Å². The number of anilines is 1. The lowest BCUT2D eigenvalue weighted by atomic mass is 10.1. The molecule has 0 aromatic heterocycles. The molecule has 0 aliphatic rings. The summed E-state index contributed by atoms with van der Waals surface area (Å²) in [7, 11) is 2.84. The van der Waals surface area contributed by atoms with Gasteiger partial charge in [-0.25, -0.2) is 4.39 Å². The van der Waals surface area contributed by atoms with Crippen molar-refractivity contribution in [2.75, 3.05) is 32.8 Å². The standard InChI is InChI=1S/C18H19FN2O6/c1-11-4-5-12(8-14(11)19)20-18(22)13-9-16(26-3)17(27-7-6-25-2)10-15(13)21(23)24/h4-5,8-10H,6-7H2,1-3H3,(H,20,22). The maximum Gasteiger partial charge on any atom is 0.286 e. The number of nitro groups is 1. The molecule has 0 radical (unpaired) electrons. The molecule has 144 valence electrons. The topological polar surface area (TPSA) is 99.9 Å². The third-order valence-corrected chi connectivity index (χ3v) is 3.70. The Labute approximate surface area is 155 Å². The van der Waals surface area contributed by atoms with Gasteiger partial charge in [0.25, 0.3) is 11.6 Å². The van der Waals surface area contributed by atoms with Crippen molar-refractivity contribution in [3.63, 3.8) is 0 Å². The number of benzene rings is 2. The van der Waals surface area contributed by atoms with E-state index in [1.165, 1.54) is 32.4 Å². The molecular weight excluding hydrogens is 359 g/mol. The highest BCUT2D eigenvalue weighted by molar-refractivity contribution is 6.07. The number of nitro benzene ring substituents is 1. The van der Waals surface area contributed by atoms with E-state index in [-0.39, 0.29) is 36.0 Å². The Morgan fingerprint density at radius 2 is 1.93 bits per heavy atom. The molecule has 0 unspecified atom stereocenters. The minimum absolute atomic E-state index is 0.110. The van der Waals surface area contributed by atoms with Crippen molar-refractivity contribution in [3.8, 4) is 11.5 Å². The van der Waals surface area contributed by atoms with Crippen LogP contribution in [0.3, 0.4) is 0 Å². The van der Waals surface area contributed by atoms with Gasteiger partial charge < -0.3 is 19.5 Å². The average Bonchev–Trinajstić information content (AvgIpc) is 2.64. The monoisotopic (exact) mass is 378 g/mol. The van der Waals surface area contributed by atoms with Crippen LogP contribution in [0.1, 0.15) is 15.9 Å². The van der Waals surface area contributed by atoms with E-state index in [1.54, 1.807) is 6.92 Å². The first-order valence-corrected chi connectivity index (χ1v) is 7.93. The van der Waals surface area contributed by atoms with Gasteiger partial charge in [0.15, 0.2) is 11.5 Å². The van der Waals surface area contributed by atoms with Crippen molar-refractivity contribution in [1.29, 1.82) is 0 Å². The van der Waals surface area contributed by atoms with E-state index in [4.69, 9.17) is 14.2 Å². The van der Waals surface area contributed by atoms with E-state index >= 15 is 0 Å². The molecule has 1 amide bonds. The Balaban J connectivity index is 2.36. The Hall–Kier alpha value is -3.20. The van der Waals surface area contributed by atoms with Crippen molar-refractivity contribution in [2.45, 2.75) is 6.92 Å². The summed E-state index contributed by atoms with van der Waals surface area (Å²) < 4.78 is 29.1.